The Kier molecular flexibility index (Phi) is 3.09. The third-order valence-electron chi connectivity index (χ3n) is 2.50. The lowest BCUT2D eigenvalue weighted by molar-refractivity contribution is 1.41. The van der Waals surface area contributed by atoms with Crippen LogP contribution in [0.1, 0.15) is 5.56 Å². The maximum Gasteiger partial charge on any atom is 0.210 e. The first-order valence-corrected chi connectivity index (χ1v) is 6.66. The summed E-state index contributed by atoms with van der Waals surface area (Å²) in [6, 6.07) is 15.6. The standard InChI is InChI=1S/C14H9ClN2S/c15-11-6-2-1-5-10(11)9-16-14-17-12-7-3-4-8-13(12)18-14/h1-9H/b16-9+. The lowest BCUT2D eigenvalue weighted by Gasteiger charge is -1.94. The van der Waals surface area contributed by atoms with Gasteiger partial charge >= 0.3 is 0 Å². The monoisotopic (exact) mass is 272 g/mol. The second kappa shape index (κ2) is 4.88. The Balaban J connectivity index is 1.95. The minimum Gasteiger partial charge on any atom is -0.227 e. The molecule has 0 bridgehead atoms. The fourth-order valence-corrected chi connectivity index (χ4v) is 2.62. The number of hydrogen-bond donors (Lipinski definition) is 0. The molecule has 0 fully saturated rings. The molecule has 3 rings (SSSR count). The SMILES string of the molecule is Clc1ccccc1/C=N/c1nc2ccccc2s1. The van der Waals surface area contributed by atoms with Gasteiger partial charge in [0.15, 0.2) is 0 Å². The van der Waals surface area contributed by atoms with E-state index >= 15 is 0 Å². The summed E-state index contributed by atoms with van der Waals surface area (Å²) in [4.78, 5) is 8.81. The van der Waals surface area contributed by atoms with Crippen molar-refractivity contribution in [2.24, 2.45) is 4.99 Å². The van der Waals surface area contributed by atoms with Gasteiger partial charge in [-0.25, -0.2) is 9.98 Å². The van der Waals surface area contributed by atoms with Gasteiger partial charge in [-0.3, -0.25) is 0 Å². The van der Waals surface area contributed by atoms with Crippen LogP contribution in [0.15, 0.2) is 53.5 Å². The van der Waals surface area contributed by atoms with E-state index < -0.39 is 0 Å². The van der Waals surface area contributed by atoms with Crippen LogP contribution < -0.4 is 0 Å². The predicted molar refractivity (Wildman–Crippen MR) is 78.3 cm³/mol. The quantitative estimate of drug-likeness (QED) is 0.621. The van der Waals surface area contributed by atoms with Crippen LogP contribution in [-0.2, 0) is 0 Å². The summed E-state index contributed by atoms with van der Waals surface area (Å²) >= 11 is 7.63. The van der Waals surface area contributed by atoms with Crippen molar-refractivity contribution in [1.82, 2.24) is 4.98 Å². The van der Waals surface area contributed by atoms with Crippen LogP contribution in [0.4, 0.5) is 5.13 Å². The first kappa shape index (κ1) is 11.4. The molecule has 1 heterocycles. The average molecular weight is 273 g/mol. The van der Waals surface area contributed by atoms with E-state index in [0.29, 0.717) is 5.02 Å². The molecule has 0 unspecified atom stereocenters. The molecule has 0 aliphatic heterocycles. The van der Waals surface area contributed by atoms with Crippen molar-refractivity contribution < 1.29 is 0 Å². The van der Waals surface area contributed by atoms with Crippen molar-refractivity contribution in [1.29, 1.82) is 0 Å². The van der Waals surface area contributed by atoms with Crippen LogP contribution in [0.2, 0.25) is 5.02 Å². The van der Waals surface area contributed by atoms with Crippen molar-refractivity contribution in [3.05, 3.63) is 59.1 Å². The maximum atomic E-state index is 6.06. The van der Waals surface area contributed by atoms with Gasteiger partial charge in [0.05, 0.1) is 10.2 Å². The zero-order valence-corrected chi connectivity index (χ0v) is 10.9. The molecule has 2 aromatic carbocycles. The molecule has 0 aliphatic rings. The average Bonchev–Trinajstić information content (AvgIpc) is 2.80. The van der Waals surface area contributed by atoms with E-state index in [1.807, 2.05) is 48.5 Å². The largest absolute Gasteiger partial charge is 0.227 e. The van der Waals surface area contributed by atoms with Crippen molar-refractivity contribution >= 4 is 44.5 Å². The highest BCUT2D eigenvalue weighted by Gasteiger charge is 2.01. The van der Waals surface area contributed by atoms with E-state index in [1.165, 1.54) is 0 Å². The molecule has 0 saturated heterocycles. The highest BCUT2D eigenvalue weighted by molar-refractivity contribution is 7.22. The van der Waals surface area contributed by atoms with Crippen LogP contribution in [0, 0.1) is 0 Å². The molecule has 0 atom stereocenters. The summed E-state index contributed by atoms with van der Waals surface area (Å²) in [5.74, 6) is 0. The number of aliphatic imine (C=N–C) groups is 1. The van der Waals surface area contributed by atoms with Crippen LogP contribution in [0.5, 0.6) is 0 Å². The molecule has 0 amide bonds. The lowest BCUT2D eigenvalue weighted by atomic mass is 10.2. The summed E-state index contributed by atoms with van der Waals surface area (Å²) in [5, 5.41) is 1.44. The Bertz CT molecular complexity index is 685. The topological polar surface area (TPSA) is 25.2 Å². The Morgan fingerprint density at radius 3 is 2.67 bits per heavy atom. The molecule has 0 aliphatic carbocycles. The predicted octanol–water partition coefficient (Wildman–Crippen LogP) is 4.70. The summed E-state index contributed by atoms with van der Waals surface area (Å²) < 4.78 is 1.14. The molecule has 0 spiro atoms. The smallest absolute Gasteiger partial charge is 0.210 e. The van der Waals surface area contributed by atoms with Gasteiger partial charge in [0.2, 0.25) is 5.13 Å². The highest BCUT2D eigenvalue weighted by Crippen LogP contribution is 2.27. The zero-order valence-electron chi connectivity index (χ0n) is 9.38. The third kappa shape index (κ3) is 2.28. The van der Waals surface area contributed by atoms with E-state index in [1.54, 1.807) is 17.6 Å². The molecule has 0 radical (unpaired) electrons. The second-order valence-electron chi connectivity index (χ2n) is 3.74. The first-order valence-electron chi connectivity index (χ1n) is 5.47. The highest BCUT2D eigenvalue weighted by atomic mass is 35.5. The summed E-state index contributed by atoms with van der Waals surface area (Å²) in [5.41, 5.74) is 1.88. The number of rotatable bonds is 2. The summed E-state index contributed by atoms with van der Waals surface area (Å²) in [6.45, 7) is 0. The molecule has 3 aromatic rings. The third-order valence-corrected chi connectivity index (χ3v) is 3.79. The fourth-order valence-electron chi connectivity index (χ4n) is 1.62. The Morgan fingerprint density at radius 1 is 1.06 bits per heavy atom. The molecule has 2 nitrogen and oxygen atoms in total. The zero-order chi connectivity index (χ0) is 12.4. The van der Waals surface area contributed by atoms with Crippen molar-refractivity contribution in [3.8, 4) is 0 Å². The fraction of sp³-hybridized carbons (Fsp3) is 0. The second-order valence-corrected chi connectivity index (χ2v) is 5.16. The van der Waals surface area contributed by atoms with Gasteiger partial charge in [-0.2, -0.15) is 0 Å². The number of aromatic nitrogens is 1. The molecule has 1 aromatic heterocycles. The van der Waals surface area contributed by atoms with Gasteiger partial charge in [0, 0.05) is 16.8 Å². The van der Waals surface area contributed by atoms with Crippen LogP contribution in [-0.4, -0.2) is 11.2 Å². The number of fused-ring (bicyclic) bond motifs is 1. The van der Waals surface area contributed by atoms with E-state index in [9.17, 15) is 0 Å². The summed E-state index contributed by atoms with van der Waals surface area (Å²) in [7, 11) is 0. The molecule has 18 heavy (non-hydrogen) atoms. The normalized spacial score (nSPS) is 11.4. The molecule has 0 N–H and O–H groups in total. The number of benzene rings is 2. The molecule has 4 heteroatoms. The number of hydrogen-bond acceptors (Lipinski definition) is 3. The van der Waals surface area contributed by atoms with Crippen LogP contribution >= 0.6 is 22.9 Å². The molecule has 0 saturated carbocycles. The van der Waals surface area contributed by atoms with E-state index in [0.717, 1.165) is 20.9 Å². The van der Waals surface area contributed by atoms with E-state index in [2.05, 4.69) is 9.98 Å². The summed E-state index contributed by atoms with van der Waals surface area (Å²) in [6.07, 6.45) is 1.75. The van der Waals surface area contributed by atoms with Crippen LogP contribution in [0.25, 0.3) is 10.2 Å². The van der Waals surface area contributed by atoms with Crippen molar-refractivity contribution in [2.45, 2.75) is 0 Å². The van der Waals surface area contributed by atoms with Gasteiger partial charge in [-0.1, -0.05) is 53.3 Å². The van der Waals surface area contributed by atoms with Gasteiger partial charge in [-0.15, -0.1) is 0 Å². The molecular weight excluding hydrogens is 264 g/mol. The van der Waals surface area contributed by atoms with Crippen molar-refractivity contribution in [3.63, 3.8) is 0 Å². The van der Waals surface area contributed by atoms with E-state index in [-0.39, 0.29) is 0 Å². The number of halogens is 1. The minimum absolute atomic E-state index is 0.697. The lowest BCUT2D eigenvalue weighted by Crippen LogP contribution is -1.80. The number of para-hydroxylation sites is 1. The number of thiazole rings is 1. The Hall–Kier alpha value is -1.71. The number of nitrogens with zero attached hydrogens (tertiary/aromatic N) is 2. The van der Waals surface area contributed by atoms with Gasteiger partial charge < -0.3 is 0 Å². The minimum atomic E-state index is 0.697. The van der Waals surface area contributed by atoms with Crippen LogP contribution in [0.3, 0.4) is 0 Å². The van der Waals surface area contributed by atoms with Gasteiger partial charge in [0.25, 0.3) is 0 Å². The van der Waals surface area contributed by atoms with Gasteiger partial charge in [-0.05, 0) is 18.2 Å². The molecular formula is C14H9ClN2S. The Labute approximate surface area is 114 Å². The first-order chi connectivity index (χ1) is 8.83. The van der Waals surface area contributed by atoms with Crippen molar-refractivity contribution in [2.75, 3.05) is 0 Å². The maximum absolute atomic E-state index is 6.06. The van der Waals surface area contributed by atoms with E-state index in [4.69, 9.17) is 11.6 Å². The van der Waals surface area contributed by atoms with Gasteiger partial charge in [0.1, 0.15) is 0 Å². The Morgan fingerprint density at radius 2 is 1.83 bits per heavy atom. The molecule has 88 valence electrons.